The smallest absolute Gasteiger partial charge is 0.160 e. The fourth-order valence-corrected chi connectivity index (χ4v) is 10.2. The van der Waals surface area contributed by atoms with E-state index in [2.05, 4.69) is 153 Å². The molecule has 0 saturated carbocycles. The molecule has 8 heterocycles. The first-order valence-corrected chi connectivity index (χ1v) is 22.9. The Morgan fingerprint density at radius 3 is 1.12 bits per heavy atom. The molecule has 0 radical (unpaired) electrons. The SMILES string of the molecule is c1ccc(-c2cc(-c3ccc(-c4cc(-n5c6cccnc6c6ncccc65)c(-n5c6ccccc6c6ccccc65)c(-n5c6cccnc6c6ncccc65)c4)cc3)nc(-c3ccccc3)n2)cc1. The fraction of sp³-hybridized carbons (Fsp3) is 0. The van der Waals surface area contributed by atoms with Crippen LogP contribution in [0.25, 0.3) is 128 Å². The van der Waals surface area contributed by atoms with E-state index in [0.29, 0.717) is 5.82 Å². The lowest BCUT2D eigenvalue weighted by molar-refractivity contribution is 1.05. The molecule has 0 fully saturated rings. The summed E-state index contributed by atoms with van der Waals surface area (Å²) in [4.78, 5) is 30.0. The van der Waals surface area contributed by atoms with E-state index >= 15 is 0 Å². The third kappa shape index (κ3) is 6.11. The molecule has 0 aliphatic carbocycles. The van der Waals surface area contributed by atoms with Gasteiger partial charge in [0.15, 0.2) is 5.82 Å². The van der Waals surface area contributed by atoms with E-state index in [4.69, 9.17) is 29.9 Å². The number of para-hydroxylation sites is 2. The second kappa shape index (κ2) is 15.5. The number of fused-ring (bicyclic) bond motifs is 9. The average Bonchev–Trinajstić information content (AvgIpc) is 4.07. The van der Waals surface area contributed by atoms with Crippen LogP contribution in [-0.2, 0) is 0 Å². The lowest BCUT2D eigenvalue weighted by atomic mass is 9.99. The van der Waals surface area contributed by atoms with E-state index in [-0.39, 0.29) is 0 Å². The number of benzene rings is 6. The molecule has 0 unspecified atom stereocenters. The van der Waals surface area contributed by atoms with Crippen molar-refractivity contribution in [2.24, 2.45) is 0 Å². The molecule has 6 aromatic carbocycles. The zero-order valence-corrected chi connectivity index (χ0v) is 36.9. The van der Waals surface area contributed by atoms with Crippen LogP contribution in [0.2, 0.25) is 0 Å². The number of hydrogen-bond acceptors (Lipinski definition) is 6. The van der Waals surface area contributed by atoms with Crippen molar-refractivity contribution in [1.82, 2.24) is 43.6 Å². The Labute approximate surface area is 394 Å². The maximum atomic E-state index is 5.16. The van der Waals surface area contributed by atoms with Crippen LogP contribution in [0.3, 0.4) is 0 Å². The van der Waals surface area contributed by atoms with Crippen molar-refractivity contribution in [2.75, 3.05) is 0 Å². The van der Waals surface area contributed by atoms with Gasteiger partial charge in [-0.3, -0.25) is 19.9 Å². The minimum atomic E-state index is 0.677. The van der Waals surface area contributed by atoms with Crippen molar-refractivity contribution in [3.05, 3.63) is 225 Å². The molecular formula is C60H37N9. The Hall–Kier alpha value is -9.60. The van der Waals surface area contributed by atoms with Gasteiger partial charge in [0.2, 0.25) is 0 Å². The van der Waals surface area contributed by atoms with Crippen LogP contribution in [0.15, 0.2) is 225 Å². The molecule has 0 N–H and O–H groups in total. The molecule has 0 atom stereocenters. The van der Waals surface area contributed by atoms with E-state index in [1.807, 2.05) is 85.5 Å². The second-order valence-corrected chi connectivity index (χ2v) is 17.2. The van der Waals surface area contributed by atoms with Crippen molar-refractivity contribution in [1.29, 1.82) is 0 Å². The predicted molar refractivity (Wildman–Crippen MR) is 278 cm³/mol. The summed E-state index contributed by atoms with van der Waals surface area (Å²) < 4.78 is 7.11. The number of pyridine rings is 4. The van der Waals surface area contributed by atoms with E-state index < -0.39 is 0 Å². The number of aromatic nitrogens is 9. The fourth-order valence-electron chi connectivity index (χ4n) is 10.2. The van der Waals surface area contributed by atoms with Crippen molar-refractivity contribution in [2.45, 2.75) is 0 Å². The summed E-state index contributed by atoms with van der Waals surface area (Å²) in [5.41, 5.74) is 18.9. The lowest BCUT2D eigenvalue weighted by Gasteiger charge is -2.23. The third-order valence-electron chi connectivity index (χ3n) is 13.3. The van der Waals surface area contributed by atoms with Crippen molar-refractivity contribution in [3.8, 4) is 62.1 Å². The van der Waals surface area contributed by atoms with Crippen molar-refractivity contribution >= 4 is 65.9 Å². The number of rotatable bonds is 7. The summed E-state index contributed by atoms with van der Waals surface area (Å²) >= 11 is 0. The highest BCUT2D eigenvalue weighted by atomic mass is 15.1. The molecule has 0 aliphatic rings. The Morgan fingerprint density at radius 2 is 0.652 bits per heavy atom. The Bertz CT molecular complexity index is 3950. The molecular weight excluding hydrogens is 847 g/mol. The second-order valence-electron chi connectivity index (χ2n) is 17.2. The zero-order chi connectivity index (χ0) is 45.4. The highest BCUT2D eigenvalue weighted by Gasteiger charge is 2.27. The van der Waals surface area contributed by atoms with Crippen LogP contribution in [0.4, 0.5) is 0 Å². The zero-order valence-electron chi connectivity index (χ0n) is 36.9. The molecule has 14 aromatic rings. The van der Waals surface area contributed by atoms with E-state index in [9.17, 15) is 0 Å². The maximum absolute atomic E-state index is 5.16. The third-order valence-corrected chi connectivity index (χ3v) is 13.3. The molecule has 69 heavy (non-hydrogen) atoms. The Kier molecular flexibility index (Phi) is 8.68. The highest BCUT2D eigenvalue weighted by molar-refractivity contribution is 6.12. The Balaban J connectivity index is 1.09. The van der Waals surface area contributed by atoms with Gasteiger partial charge in [-0.05, 0) is 90.0 Å². The minimum Gasteiger partial charge on any atom is -0.305 e. The first-order chi connectivity index (χ1) is 34.2. The van der Waals surface area contributed by atoms with Crippen LogP contribution < -0.4 is 0 Å². The van der Waals surface area contributed by atoms with Gasteiger partial charge in [-0.25, -0.2) is 9.97 Å². The van der Waals surface area contributed by atoms with Crippen molar-refractivity contribution in [3.63, 3.8) is 0 Å². The van der Waals surface area contributed by atoms with Crippen LogP contribution >= 0.6 is 0 Å². The molecule has 0 spiro atoms. The van der Waals surface area contributed by atoms with Crippen LogP contribution in [0.1, 0.15) is 0 Å². The minimum absolute atomic E-state index is 0.677. The maximum Gasteiger partial charge on any atom is 0.160 e. The molecule has 9 heteroatoms. The van der Waals surface area contributed by atoms with E-state index in [1.165, 1.54) is 0 Å². The summed E-state index contributed by atoms with van der Waals surface area (Å²) in [6.07, 6.45) is 7.39. The monoisotopic (exact) mass is 883 g/mol. The molecule has 322 valence electrons. The molecule has 0 aliphatic heterocycles. The summed E-state index contributed by atoms with van der Waals surface area (Å²) in [7, 11) is 0. The summed E-state index contributed by atoms with van der Waals surface area (Å²) in [5.74, 6) is 0.677. The van der Waals surface area contributed by atoms with E-state index in [1.54, 1.807) is 0 Å². The summed E-state index contributed by atoms with van der Waals surface area (Å²) in [6.45, 7) is 0. The van der Waals surface area contributed by atoms with Gasteiger partial charge in [0.1, 0.15) is 22.1 Å². The molecule has 0 amide bonds. The lowest BCUT2D eigenvalue weighted by Crippen LogP contribution is -2.10. The van der Waals surface area contributed by atoms with Gasteiger partial charge in [-0.1, -0.05) is 121 Å². The first kappa shape index (κ1) is 38.6. The average molecular weight is 884 g/mol. The molecule has 14 rings (SSSR count). The summed E-state index contributed by atoms with van der Waals surface area (Å²) in [5, 5.41) is 2.33. The highest BCUT2D eigenvalue weighted by Crippen LogP contribution is 2.44. The van der Waals surface area contributed by atoms with Gasteiger partial charge < -0.3 is 13.7 Å². The van der Waals surface area contributed by atoms with Gasteiger partial charge in [-0.15, -0.1) is 0 Å². The molecule has 0 saturated heterocycles. The molecule has 0 bridgehead atoms. The van der Waals surface area contributed by atoms with Gasteiger partial charge in [0, 0.05) is 52.3 Å². The Morgan fingerprint density at radius 1 is 0.275 bits per heavy atom. The quantitative estimate of drug-likeness (QED) is 0.158. The van der Waals surface area contributed by atoms with Crippen LogP contribution in [0, 0.1) is 0 Å². The van der Waals surface area contributed by atoms with Gasteiger partial charge in [0.25, 0.3) is 0 Å². The van der Waals surface area contributed by atoms with Crippen molar-refractivity contribution < 1.29 is 0 Å². The number of hydrogen-bond donors (Lipinski definition) is 0. The molecule has 9 nitrogen and oxygen atoms in total. The van der Waals surface area contributed by atoms with E-state index in [0.717, 1.165) is 122 Å². The van der Waals surface area contributed by atoms with Crippen LogP contribution in [0.5, 0.6) is 0 Å². The summed E-state index contributed by atoms with van der Waals surface area (Å²) in [6, 6.07) is 69.9. The molecule has 8 aromatic heterocycles. The predicted octanol–water partition coefficient (Wildman–Crippen LogP) is 14.0. The van der Waals surface area contributed by atoms with Gasteiger partial charge >= 0.3 is 0 Å². The van der Waals surface area contributed by atoms with Gasteiger partial charge in [-0.2, -0.15) is 0 Å². The van der Waals surface area contributed by atoms with Gasteiger partial charge in [0.05, 0.1) is 61.6 Å². The largest absolute Gasteiger partial charge is 0.305 e. The standard InChI is InChI=1S/C60H37N9/c1-3-15-39(16-4-1)45-37-46(66-60(65-45)41-17-5-2-6-18-41)40-29-27-38(28-30-40)42-35-53(67-49-23-11-31-61-55(49)56-50(67)24-12-32-62-56)59(69-47-21-9-7-19-43(47)44-20-8-10-22-48(44)69)54(36-42)68-51-25-13-33-63-57(51)58-52(68)26-14-34-64-58/h1-37H. The van der Waals surface area contributed by atoms with Crippen LogP contribution in [-0.4, -0.2) is 43.6 Å². The normalized spacial score (nSPS) is 11.8. The first-order valence-electron chi connectivity index (χ1n) is 22.9. The topological polar surface area (TPSA) is 92.1 Å². The number of nitrogens with zero attached hydrogens (tertiary/aromatic N) is 9.